The number of nitrogens with two attached hydrogens (primary N) is 1. The van der Waals surface area contributed by atoms with Gasteiger partial charge in [-0.15, -0.1) is 0 Å². The molecule has 2 rings (SSSR count). The monoisotopic (exact) mass is 341 g/mol. The van der Waals surface area contributed by atoms with Crippen LogP contribution in [-0.2, 0) is 9.36 Å². The maximum absolute atomic E-state index is 11.1. The number of hydrogen-bond acceptors (Lipinski definition) is 4. The predicted molar refractivity (Wildman–Crippen MR) is 77.8 cm³/mol. The topological polar surface area (TPSA) is 162 Å². The average Bonchev–Trinajstić information content (AvgIpc) is 2.82. The Morgan fingerprint density at radius 2 is 2.00 bits per heavy atom. The van der Waals surface area contributed by atoms with Gasteiger partial charge in [-0.2, -0.15) is 11.8 Å². The van der Waals surface area contributed by atoms with Crippen LogP contribution in [0.2, 0.25) is 0 Å². The number of hydrogen-bond donors (Lipinski definition) is 6. The van der Waals surface area contributed by atoms with Crippen molar-refractivity contribution >= 4 is 31.5 Å². The summed E-state index contributed by atoms with van der Waals surface area (Å²) >= 11 is 1.87. The molecule has 21 heavy (non-hydrogen) atoms. The van der Waals surface area contributed by atoms with Crippen LogP contribution in [0, 0.1) is 0 Å². The third kappa shape index (κ3) is 7.68. The van der Waals surface area contributed by atoms with Crippen LogP contribution in [0.5, 0.6) is 0 Å². The lowest BCUT2D eigenvalue weighted by Gasteiger charge is -2.16. The molecule has 0 spiro atoms. The van der Waals surface area contributed by atoms with Crippen LogP contribution in [0.4, 0.5) is 4.79 Å². The fourth-order valence-corrected chi connectivity index (χ4v) is 3.81. The molecule has 9 nitrogen and oxygen atoms in total. The van der Waals surface area contributed by atoms with Crippen LogP contribution in [0.1, 0.15) is 25.7 Å². The molecule has 122 valence electrons. The molecule has 11 heteroatoms. The Bertz CT molecular complexity index is 423. The normalized spacial score (nSPS) is 27.2. The zero-order valence-corrected chi connectivity index (χ0v) is 13.0. The molecular formula is C10H20N3O6PS. The average molecular weight is 341 g/mol. The SMILES string of the molecule is NP(=O)(O)O.O=C(O)CCCC[C@@H]1SC[C@@H]2NC(=O)N[C@@H]21. The summed E-state index contributed by atoms with van der Waals surface area (Å²) < 4.78 is 9.10. The van der Waals surface area contributed by atoms with Crippen LogP contribution >= 0.6 is 19.5 Å². The number of nitrogens with one attached hydrogen (secondary N) is 2. The van der Waals surface area contributed by atoms with E-state index in [1.807, 2.05) is 11.8 Å². The van der Waals surface area contributed by atoms with Crippen molar-refractivity contribution in [2.75, 3.05) is 5.75 Å². The van der Waals surface area contributed by atoms with Gasteiger partial charge in [0.15, 0.2) is 0 Å². The van der Waals surface area contributed by atoms with Gasteiger partial charge in [0.2, 0.25) is 0 Å². The minimum Gasteiger partial charge on any atom is -0.481 e. The predicted octanol–water partition coefficient (Wildman–Crippen LogP) is -0.165. The fourth-order valence-electron chi connectivity index (χ4n) is 2.26. The van der Waals surface area contributed by atoms with Gasteiger partial charge in [0.05, 0.1) is 12.1 Å². The number of rotatable bonds is 5. The number of aliphatic carboxylic acids is 1. The first-order valence-electron chi connectivity index (χ1n) is 6.41. The number of amides is 2. The van der Waals surface area contributed by atoms with E-state index >= 15 is 0 Å². The van der Waals surface area contributed by atoms with Gasteiger partial charge in [-0.1, -0.05) is 6.42 Å². The van der Waals surface area contributed by atoms with Gasteiger partial charge in [-0.25, -0.2) is 14.9 Å². The number of carbonyl (C=O) groups excluding carboxylic acids is 1. The molecule has 0 radical (unpaired) electrons. The largest absolute Gasteiger partial charge is 0.481 e. The van der Waals surface area contributed by atoms with Crippen LogP contribution in [0.3, 0.4) is 0 Å². The lowest BCUT2D eigenvalue weighted by atomic mass is 10.0. The van der Waals surface area contributed by atoms with E-state index in [0.29, 0.717) is 5.25 Å². The Balaban J connectivity index is 0.000000383. The summed E-state index contributed by atoms with van der Waals surface area (Å²) in [6, 6.07) is 0.440. The minimum atomic E-state index is -4.14. The summed E-state index contributed by atoms with van der Waals surface area (Å²) in [5.41, 5.74) is 4.02. The van der Waals surface area contributed by atoms with Crippen LogP contribution in [0.15, 0.2) is 0 Å². The summed E-state index contributed by atoms with van der Waals surface area (Å²) in [5, 5.41) is 14.8. The summed E-state index contributed by atoms with van der Waals surface area (Å²) in [6.07, 6.45) is 2.88. The van der Waals surface area contributed by atoms with Crippen molar-refractivity contribution in [2.45, 2.75) is 43.0 Å². The van der Waals surface area contributed by atoms with E-state index < -0.39 is 13.7 Å². The van der Waals surface area contributed by atoms with Crippen molar-refractivity contribution < 1.29 is 29.0 Å². The number of fused-ring (bicyclic) bond motifs is 1. The number of carboxylic acids is 1. The van der Waals surface area contributed by atoms with Crippen LogP contribution in [-0.4, -0.2) is 50.0 Å². The van der Waals surface area contributed by atoms with Gasteiger partial charge in [-0.05, 0) is 12.8 Å². The first-order chi connectivity index (χ1) is 9.66. The highest BCUT2D eigenvalue weighted by atomic mass is 32.2. The second-order valence-electron chi connectivity index (χ2n) is 4.85. The summed E-state index contributed by atoms with van der Waals surface area (Å²) in [4.78, 5) is 36.3. The molecule has 2 saturated heterocycles. The highest BCUT2D eigenvalue weighted by Gasteiger charge is 2.42. The Morgan fingerprint density at radius 1 is 1.38 bits per heavy atom. The van der Waals surface area contributed by atoms with E-state index in [9.17, 15) is 9.59 Å². The first-order valence-corrected chi connectivity index (χ1v) is 9.14. The van der Waals surface area contributed by atoms with E-state index in [2.05, 4.69) is 16.1 Å². The zero-order valence-electron chi connectivity index (χ0n) is 11.3. The third-order valence-electron chi connectivity index (χ3n) is 3.07. The van der Waals surface area contributed by atoms with Crippen molar-refractivity contribution in [3.8, 4) is 0 Å². The van der Waals surface area contributed by atoms with Crippen molar-refractivity contribution in [1.82, 2.24) is 10.6 Å². The van der Waals surface area contributed by atoms with Crippen molar-refractivity contribution in [3.05, 3.63) is 0 Å². The highest BCUT2D eigenvalue weighted by Crippen LogP contribution is 2.33. The molecule has 2 aliphatic rings. The molecule has 2 heterocycles. The van der Waals surface area contributed by atoms with Crippen LogP contribution in [0.25, 0.3) is 0 Å². The number of thioether (sulfide) groups is 1. The number of unbranched alkanes of at least 4 members (excludes halogenated alkanes) is 1. The molecular weight excluding hydrogens is 321 g/mol. The van der Waals surface area contributed by atoms with E-state index in [1.54, 1.807) is 0 Å². The van der Waals surface area contributed by atoms with Gasteiger partial charge < -0.3 is 25.5 Å². The second kappa shape index (κ2) is 8.00. The molecule has 0 aromatic rings. The summed E-state index contributed by atoms with van der Waals surface area (Å²) in [7, 11) is -4.14. The highest BCUT2D eigenvalue weighted by molar-refractivity contribution is 8.00. The minimum absolute atomic E-state index is 0.0640. The molecule has 0 aromatic heterocycles. The van der Waals surface area contributed by atoms with E-state index in [-0.39, 0.29) is 24.5 Å². The smallest absolute Gasteiger partial charge is 0.397 e. The van der Waals surface area contributed by atoms with Gasteiger partial charge >= 0.3 is 19.7 Å². The molecule has 0 saturated carbocycles. The van der Waals surface area contributed by atoms with Crippen LogP contribution < -0.4 is 16.1 Å². The summed E-state index contributed by atoms with van der Waals surface area (Å²) in [6.45, 7) is 0. The lowest BCUT2D eigenvalue weighted by molar-refractivity contribution is -0.137. The summed E-state index contributed by atoms with van der Waals surface area (Å²) in [5.74, 6) is 0.236. The molecule has 2 amide bonds. The van der Waals surface area contributed by atoms with Gasteiger partial charge in [-0.3, -0.25) is 4.79 Å². The molecule has 0 aromatic carbocycles. The standard InChI is InChI=1S/C10H16N2O3S.H4NO3P/c13-8(14)4-2-1-3-7-9-6(5-16-7)11-10(15)12-9;1-5(2,3)4/h6-7,9H,1-5H2,(H,13,14)(H2,11,12,15);(H4,1,2,3,4)/t6-,7-,9-;/m0./s1. The molecule has 2 fully saturated rings. The van der Waals surface area contributed by atoms with Gasteiger partial charge in [0, 0.05) is 17.4 Å². The van der Waals surface area contributed by atoms with Crippen molar-refractivity contribution in [1.29, 1.82) is 0 Å². The molecule has 2 aliphatic heterocycles. The Kier molecular flexibility index (Phi) is 6.95. The molecule has 0 unspecified atom stereocenters. The Hall–Kier alpha value is -0.800. The number of carbonyl (C=O) groups is 2. The van der Waals surface area contributed by atoms with Gasteiger partial charge in [0.25, 0.3) is 0 Å². The van der Waals surface area contributed by atoms with Gasteiger partial charge in [0.1, 0.15) is 0 Å². The molecule has 0 aliphatic carbocycles. The molecule has 0 bridgehead atoms. The lowest BCUT2D eigenvalue weighted by Crippen LogP contribution is -2.36. The quantitative estimate of drug-likeness (QED) is 0.228. The Labute approximate surface area is 126 Å². The Morgan fingerprint density at radius 3 is 2.57 bits per heavy atom. The zero-order chi connectivity index (χ0) is 16.0. The second-order valence-corrected chi connectivity index (χ2v) is 7.30. The third-order valence-corrected chi connectivity index (χ3v) is 4.58. The fraction of sp³-hybridized carbons (Fsp3) is 0.800. The maximum Gasteiger partial charge on any atom is 0.397 e. The molecule has 7 N–H and O–H groups in total. The maximum atomic E-state index is 11.1. The molecule has 3 atom stereocenters. The van der Waals surface area contributed by atoms with E-state index in [1.165, 1.54) is 0 Å². The number of carboxylic acid groups (broad SMARTS) is 1. The first kappa shape index (κ1) is 18.2. The van der Waals surface area contributed by atoms with Crippen molar-refractivity contribution in [3.63, 3.8) is 0 Å². The van der Waals surface area contributed by atoms with E-state index in [4.69, 9.17) is 19.5 Å². The van der Waals surface area contributed by atoms with Crippen molar-refractivity contribution in [2.24, 2.45) is 5.50 Å². The number of urea groups is 1. The van der Waals surface area contributed by atoms with E-state index in [0.717, 1.165) is 25.0 Å².